The summed E-state index contributed by atoms with van der Waals surface area (Å²) >= 11 is 0. The summed E-state index contributed by atoms with van der Waals surface area (Å²) in [5.74, 6) is -0.292. The van der Waals surface area contributed by atoms with E-state index < -0.39 is 0 Å². The molecule has 5 heteroatoms. The molecule has 0 saturated carbocycles. The number of rotatable bonds is 0. The van der Waals surface area contributed by atoms with Crippen LogP contribution in [0.2, 0.25) is 0 Å². The topological polar surface area (TPSA) is 84.3 Å². The fourth-order valence-corrected chi connectivity index (χ4v) is 0.366. The molecule has 0 atom stereocenters. The molecule has 0 aliphatic heterocycles. The second-order valence-electron chi connectivity index (χ2n) is 1.32. The summed E-state index contributed by atoms with van der Waals surface area (Å²) in [6.45, 7) is 0. The summed E-state index contributed by atoms with van der Waals surface area (Å²) in [5, 5.41) is 20.2. The van der Waals surface area contributed by atoms with Gasteiger partial charge in [0, 0.05) is 0 Å². The maximum Gasteiger partial charge on any atom is 0.191 e. The highest BCUT2D eigenvalue weighted by Gasteiger charge is 1.99. The molecule has 0 bridgehead atoms. The van der Waals surface area contributed by atoms with Crippen molar-refractivity contribution in [1.29, 1.82) is 0 Å². The van der Waals surface area contributed by atoms with Crippen molar-refractivity contribution in [3.05, 3.63) is 6.20 Å². The standard InChI is InChI=1S/C3H5N3O2/c4-3-2(7)1-6(8)5-3/h1,7-8H,(H2,4,5). The van der Waals surface area contributed by atoms with Crippen molar-refractivity contribution >= 4 is 5.82 Å². The van der Waals surface area contributed by atoms with Gasteiger partial charge in [-0.2, -0.15) is 0 Å². The van der Waals surface area contributed by atoms with E-state index in [2.05, 4.69) is 5.10 Å². The largest absolute Gasteiger partial charge is 0.503 e. The van der Waals surface area contributed by atoms with E-state index in [1.165, 1.54) is 0 Å². The number of aromatic hydroxyl groups is 1. The van der Waals surface area contributed by atoms with Crippen molar-refractivity contribution in [2.75, 3.05) is 5.73 Å². The van der Waals surface area contributed by atoms with Gasteiger partial charge in [0.2, 0.25) is 0 Å². The van der Waals surface area contributed by atoms with Gasteiger partial charge in [0.05, 0.1) is 0 Å². The summed E-state index contributed by atoms with van der Waals surface area (Å²) in [4.78, 5) is 0.449. The van der Waals surface area contributed by atoms with Crippen LogP contribution >= 0.6 is 0 Å². The first-order chi connectivity index (χ1) is 3.70. The van der Waals surface area contributed by atoms with E-state index in [0.29, 0.717) is 4.85 Å². The summed E-state index contributed by atoms with van der Waals surface area (Å²) in [5.41, 5.74) is 5.00. The third-order valence-corrected chi connectivity index (χ3v) is 0.710. The van der Waals surface area contributed by atoms with Gasteiger partial charge in [-0.1, -0.05) is 0 Å². The molecule has 0 aliphatic carbocycles. The lowest BCUT2D eigenvalue weighted by atomic mass is 10.6. The minimum atomic E-state index is -0.215. The van der Waals surface area contributed by atoms with Gasteiger partial charge in [-0.15, -0.1) is 9.94 Å². The van der Waals surface area contributed by atoms with E-state index in [-0.39, 0.29) is 11.6 Å². The maximum atomic E-state index is 8.57. The van der Waals surface area contributed by atoms with Crippen LogP contribution in [0.15, 0.2) is 6.20 Å². The van der Waals surface area contributed by atoms with Crippen LogP contribution in [0.5, 0.6) is 5.75 Å². The van der Waals surface area contributed by atoms with E-state index in [9.17, 15) is 0 Å². The Labute approximate surface area is 44.9 Å². The second kappa shape index (κ2) is 1.29. The highest BCUT2D eigenvalue weighted by atomic mass is 16.5. The molecule has 5 nitrogen and oxygen atoms in total. The molecule has 0 fully saturated rings. The van der Waals surface area contributed by atoms with Crippen molar-refractivity contribution in [3.8, 4) is 5.75 Å². The minimum Gasteiger partial charge on any atom is -0.503 e. The molecule has 0 saturated heterocycles. The van der Waals surface area contributed by atoms with Gasteiger partial charge < -0.3 is 16.0 Å². The molecule has 0 unspecified atom stereocenters. The van der Waals surface area contributed by atoms with Crippen molar-refractivity contribution < 1.29 is 10.3 Å². The van der Waals surface area contributed by atoms with Crippen LogP contribution in [0.3, 0.4) is 0 Å². The SMILES string of the molecule is Nc1nn(O)cc1O. The zero-order chi connectivity index (χ0) is 6.15. The zero-order valence-electron chi connectivity index (χ0n) is 3.94. The van der Waals surface area contributed by atoms with Gasteiger partial charge in [-0.05, 0) is 0 Å². The molecule has 4 N–H and O–H groups in total. The van der Waals surface area contributed by atoms with Gasteiger partial charge in [-0.25, -0.2) is 0 Å². The van der Waals surface area contributed by atoms with Gasteiger partial charge in [-0.3, -0.25) is 0 Å². The summed E-state index contributed by atoms with van der Waals surface area (Å²) < 4.78 is 0. The molecule has 0 amide bonds. The zero-order valence-corrected chi connectivity index (χ0v) is 3.94. The highest BCUT2D eigenvalue weighted by Crippen LogP contribution is 2.13. The van der Waals surface area contributed by atoms with Crippen LogP contribution in [-0.2, 0) is 0 Å². The first-order valence-electron chi connectivity index (χ1n) is 1.93. The molecule has 0 aromatic carbocycles. The van der Waals surface area contributed by atoms with Crippen LogP contribution in [0, 0.1) is 0 Å². The number of anilines is 1. The molecule has 0 aliphatic rings. The first kappa shape index (κ1) is 4.76. The van der Waals surface area contributed by atoms with Crippen molar-refractivity contribution in [2.24, 2.45) is 0 Å². The Morgan fingerprint density at radius 3 is 2.50 bits per heavy atom. The van der Waals surface area contributed by atoms with Crippen molar-refractivity contribution in [2.45, 2.75) is 0 Å². The van der Waals surface area contributed by atoms with Gasteiger partial charge >= 0.3 is 0 Å². The Balaban J connectivity index is 3.14. The summed E-state index contributed by atoms with van der Waals surface area (Å²) in [7, 11) is 0. The maximum absolute atomic E-state index is 8.57. The van der Waals surface area contributed by atoms with Gasteiger partial charge in [0.1, 0.15) is 6.20 Å². The normalized spacial score (nSPS) is 9.50. The van der Waals surface area contributed by atoms with E-state index >= 15 is 0 Å². The lowest BCUT2D eigenvalue weighted by Crippen LogP contribution is -1.91. The quantitative estimate of drug-likeness (QED) is 0.394. The number of aromatic nitrogens is 2. The van der Waals surface area contributed by atoms with Crippen molar-refractivity contribution in [3.63, 3.8) is 0 Å². The molecule has 1 aromatic rings. The molecule has 0 spiro atoms. The molecular weight excluding hydrogens is 110 g/mol. The van der Waals surface area contributed by atoms with Crippen LogP contribution in [0.4, 0.5) is 5.82 Å². The van der Waals surface area contributed by atoms with Crippen LogP contribution < -0.4 is 5.73 Å². The average molecular weight is 115 g/mol. The Kier molecular flexibility index (Phi) is 0.768. The first-order valence-corrected chi connectivity index (χ1v) is 1.93. The Hall–Kier alpha value is -1.39. The van der Waals surface area contributed by atoms with Crippen LogP contribution in [-0.4, -0.2) is 20.3 Å². The predicted molar refractivity (Wildman–Crippen MR) is 25.5 cm³/mol. The van der Waals surface area contributed by atoms with Gasteiger partial charge in [0.25, 0.3) is 0 Å². The molecule has 1 aromatic heterocycles. The Morgan fingerprint density at radius 1 is 1.75 bits per heavy atom. The Morgan fingerprint density at radius 2 is 2.38 bits per heavy atom. The Bertz CT molecular complexity index is 175. The average Bonchev–Trinajstić information content (AvgIpc) is 1.85. The number of hydrogen-bond acceptors (Lipinski definition) is 4. The van der Waals surface area contributed by atoms with E-state index in [1.54, 1.807) is 0 Å². The lowest BCUT2D eigenvalue weighted by molar-refractivity contribution is 0.149. The molecule has 1 rings (SSSR count). The van der Waals surface area contributed by atoms with Crippen LogP contribution in [0.25, 0.3) is 0 Å². The number of nitrogen functional groups attached to an aromatic ring is 1. The molecular formula is C3H5N3O2. The molecule has 1 heterocycles. The monoisotopic (exact) mass is 115 g/mol. The fourth-order valence-electron chi connectivity index (χ4n) is 0.366. The van der Waals surface area contributed by atoms with Crippen molar-refractivity contribution in [1.82, 2.24) is 9.94 Å². The van der Waals surface area contributed by atoms with Crippen LogP contribution in [0.1, 0.15) is 0 Å². The molecule has 0 radical (unpaired) electrons. The van der Waals surface area contributed by atoms with E-state index in [4.69, 9.17) is 16.0 Å². The second-order valence-corrected chi connectivity index (χ2v) is 1.32. The number of nitrogens with zero attached hydrogens (tertiary/aromatic N) is 2. The number of nitrogens with two attached hydrogens (primary N) is 1. The van der Waals surface area contributed by atoms with E-state index in [1.807, 2.05) is 0 Å². The predicted octanol–water partition coefficient (Wildman–Crippen LogP) is -0.592. The third kappa shape index (κ3) is 0.534. The molecule has 44 valence electrons. The third-order valence-electron chi connectivity index (χ3n) is 0.710. The smallest absolute Gasteiger partial charge is 0.191 e. The van der Waals surface area contributed by atoms with Gasteiger partial charge in [0.15, 0.2) is 11.6 Å². The highest BCUT2D eigenvalue weighted by molar-refractivity contribution is 5.41. The summed E-state index contributed by atoms with van der Waals surface area (Å²) in [6.07, 6.45) is 0.995. The van der Waals surface area contributed by atoms with E-state index in [0.717, 1.165) is 6.20 Å². The molecule has 8 heavy (non-hydrogen) atoms. The summed E-state index contributed by atoms with van der Waals surface area (Å²) in [6, 6.07) is 0. The fraction of sp³-hybridized carbons (Fsp3) is 0. The lowest BCUT2D eigenvalue weighted by Gasteiger charge is -1.78. The minimum absolute atomic E-state index is 0.0764. The number of hydrogen-bond donors (Lipinski definition) is 3.